The summed E-state index contributed by atoms with van der Waals surface area (Å²) in [7, 11) is 0. The lowest BCUT2D eigenvalue weighted by Crippen LogP contribution is -2.69. The Balaban J connectivity index is 1.87. The standard InChI is InChI=1S/C20H31NO18/c1-3(23)21-5-6(24)12(37-20-11(29)7(25)8(26)14(39-20)16(30)31)4(2-22)35-19(5)38-13-9(27)10(28)18(34)36-15(13)17(32)33/h4-15,18-20,22,24-29,34H,2H2,1H3,(H,21,23)(H,30,31)(H,32,33)/t4-,5-,6-,7+,8+,9-,10-,11-,12-,13+,14+,15+,18?,19-,20-/m1/s1. The highest BCUT2D eigenvalue weighted by Crippen LogP contribution is 2.32. The summed E-state index contributed by atoms with van der Waals surface area (Å²) in [5.74, 6) is -4.24. The minimum atomic E-state index is -2.10. The molecule has 15 atom stereocenters. The maximum Gasteiger partial charge on any atom is 0.335 e. The zero-order chi connectivity index (χ0) is 29.3. The van der Waals surface area contributed by atoms with E-state index in [0.29, 0.717) is 0 Å². The third-order valence-corrected chi connectivity index (χ3v) is 6.42. The number of amides is 1. The fourth-order valence-electron chi connectivity index (χ4n) is 4.41. The van der Waals surface area contributed by atoms with Crippen LogP contribution in [0.25, 0.3) is 0 Å². The minimum Gasteiger partial charge on any atom is -0.479 e. The van der Waals surface area contributed by atoms with Crippen LogP contribution < -0.4 is 5.32 Å². The second kappa shape index (κ2) is 12.6. The van der Waals surface area contributed by atoms with Gasteiger partial charge >= 0.3 is 11.9 Å². The van der Waals surface area contributed by atoms with E-state index in [1.807, 2.05) is 0 Å². The van der Waals surface area contributed by atoms with Crippen molar-refractivity contribution in [3.8, 4) is 0 Å². The first-order valence-electron chi connectivity index (χ1n) is 11.6. The van der Waals surface area contributed by atoms with Crippen LogP contribution in [0.15, 0.2) is 0 Å². The van der Waals surface area contributed by atoms with Gasteiger partial charge in [-0.3, -0.25) is 4.79 Å². The van der Waals surface area contributed by atoms with Gasteiger partial charge in [0, 0.05) is 6.92 Å². The van der Waals surface area contributed by atoms with Crippen LogP contribution in [0, 0.1) is 0 Å². The minimum absolute atomic E-state index is 0.790. The van der Waals surface area contributed by atoms with Gasteiger partial charge in [0.05, 0.1) is 6.61 Å². The fraction of sp³-hybridized carbons (Fsp3) is 0.850. The Hall–Kier alpha value is -2.11. The predicted octanol–water partition coefficient (Wildman–Crippen LogP) is -7.24. The van der Waals surface area contributed by atoms with Crippen molar-refractivity contribution >= 4 is 17.8 Å². The summed E-state index contributed by atoms with van der Waals surface area (Å²) in [6.45, 7) is 0.0534. The Labute approximate surface area is 218 Å². The maximum atomic E-state index is 11.9. The molecule has 39 heavy (non-hydrogen) atoms. The van der Waals surface area contributed by atoms with Crippen molar-refractivity contribution in [1.29, 1.82) is 0 Å². The first kappa shape index (κ1) is 31.4. The van der Waals surface area contributed by atoms with Crippen LogP contribution in [0.4, 0.5) is 0 Å². The van der Waals surface area contributed by atoms with Crippen LogP contribution >= 0.6 is 0 Å². The largest absolute Gasteiger partial charge is 0.479 e. The van der Waals surface area contributed by atoms with Crippen molar-refractivity contribution in [2.75, 3.05) is 6.61 Å². The van der Waals surface area contributed by atoms with Gasteiger partial charge in [-0.1, -0.05) is 0 Å². The number of aliphatic hydroxyl groups is 8. The smallest absolute Gasteiger partial charge is 0.335 e. The molecule has 0 saturated carbocycles. The zero-order valence-corrected chi connectivity index (χ0v) is 20.1. The summed E-state index contributed by atoms with van der Waals surface area (Å²) in [6, 6.07) is -1.66. The number of nitrogens with one attached hydrogen (secondary N) is 1. The molecule has 3 fully saturated rings. The van der Waals surface area contributed by atoms with Crippen LogP contribution in [-0.4, -0.2) is 168 Å². The van der Waals surface area contributed by atoms with Gasteiger partial charge in [-0.2, -0.15) is 0 Å². The fourth-order valence-corrected chi connectivity index (χ4v) is 4.41. The molecule has 19 nitrogen and oxygen atoms in total. The third kappa shape index (κ3) is 6.46. The lowest BCUT2D eigenvalue weighted by molar-refractivity contribution is -0.360. The normalized spacial score (nSPS) is 46.8. The highest BCUT2D eigenvalue weighted by Gasteiger charge is 2.55. The van der Waals surface area contributed by atoms with Crippen LogP contribution in [0.5, 0.6) is 0 Å². The van der Waals surface area contributed by atoms with Gasteiger partial charge in [0.25, 0.3) is 0 Å². The molecule has 0 spiro atoms. The van der Waals surface area contributed by atoms with E-state index in [0.717, 1.165) is 6.92 Å². The Morgan fingerprint density at radius 3 is 1.82 bits per heavy atom. The van der Waals surface area contributed by atoms with Crippen molar-refractivity contribution in [1.82, 2.24) is 5.32 Å². The molecule has 3 saturated heterocycles. The van der Waals surface area contributed by atoms with Gasteiger partial charge in [0.15, 0.2) is 31.1 Å². The number of aliphatic hydroxyl groups excluding tert-OH is 8. The number of carboxylic acid groups (broad SMARTS) is 2. The molecule has 3 aliphatic rings. The van der Waals surface area contributed by atoms with Crippen molar-refractivity contribution in [3.63, 3.8) is 0 Å². The number of carboxylic acids is 2. The SMILES string of the molecule is CC(=O)N[C@H]1[C@@H](O[C@H]2[C@H](O)[C@@H](O)C(O)O[C@@H]2C(=O)O)O[C@H](CO)[C@@H](O[C@@H]2O[C@H](C(=O)O)[C@@H](O)[C@H](O)[C@H]2O)[C@@H]1O. The molecule has 0 aromatic carbocycles. The van der Waals surface area contributed by atoms with Crippen LogP contribution in [0.2, 0.25) is 0 Å². The monoisotopic (exact) mass is 573 g/mol. The Kier molecular flexibility index (Phi) is 10.1. The molecule has 0 radical (unpaired) electrons. The van der Waals surface area contributed by atoms with Gasteiger partial charge in [-0.05, 0) is 0 Å². The zero-order valence-electron chi connectivity index (χ0n) is 20.1. The van der Waals surface area contributed by atoms with Crippen molar-refractivity contribution in [2.45, 2.75) is 99.0 Å². The molecule has 0 aliphatic carbocycles. The lowest BCUT2D eigenvalue weighted by atomic mass is 9.94. The number of rotatable bonds is 8. The number of ether oxygens (including phenoxy) is 5. The average molecular weight is 573 g/mol. The predicted molar refractivity (Wildman–Crippen MR) is 114 cm³/mol. The average Bonchev–Trinajstić information content (AvgIpc) is 2.86. The molecule has 3 rings (SSSR count). The van der Waals surface area contributed by atoms with Crippen LogP contribution in [0.1, 0.15) is 6.92 Å². The molecule has 1 unspecified atom stereocenters. The van der Waals surface area contributed by atoms with E-state index in [-0.39, 0.29) is 0 Å². The molecule has 0 bridgehead atoms. The topological polar surface area (TPSA) is 312 Å². The summed E-state index contributed by atoms with van der Waals surface area (Å²) in [6.07, 6.45) is -27.6. The van der Waals surface area contributed by atoms with Crippen LogP contribution in [0.3, 0.4) is 0 Å². The van der Waals surface area contributed by atoms with Gasteiger partial charge < -0.3 is 80.1 Å². The lowest BCUT2D eigenvalue weighted by Gasteiger charge is -2.48. The molecule has 3 aliphatic heterocycles. The van der Waals surface area contributed by atoms with Crippen molar-refractivity contribution in [2.24, 2.45) is 0 Å². The van der Waals surface area contributed by atoms with Crippen molar-refractivity contribution < 1.29 is 89.1 Å². The summed E-state index contributed by atoms with van der Waals surface area (Å²) in [5, 5.41) is 102. The van der Waals surface area contributed by atoms with E-state index < -0.39 is 117 Å². The summed E-state index contributed by atoms with van der Waals surface area (Å²) in [5.41, 5.74) is 0. The summed E-state index contributed by atoms with van der Waals surface area (Å²) >= 11 is 0. The number of carbonyl (C=O) groups excluding carboxylic acids is 1. The highest BCUT2D eigenvalue weighted by molar-refractivity contribution is 5.74. The molecule has 19 heteroatoms. The molecule has 0 aromatic rings. The highest BCUT2D eigenvalue weighted by atomic mass is 16.7. The summed E-state index contributed by atoms with van der Waals surface area (Å²) < 4.78 is 26.2. The first-order chi connectivity index (χ1) is 18.2. The Morgan fingerprint density at radius 1 is 0.692 bits per heavy atom. The van der Waals surface area contributed by atoms with E-state index in [2.05, 4.69) is 5.32 Å². The van der Waals surface area contributed by atoms with E-state index in [1.165, 1.54) is 0 Å². The number of hydrogen-bond acceptors (Lipinski definition) is 16. The van der Waals surface area contributed by atoms with E-state index in [1.54, 1.807) is 0 Å². The quantitative estimate of drug-likeness (QED) is 0.128. The second-order valence-electron chi connectivity index (χ2n) is 9.15. The first-order valence-corrected chi connectivity index (χ1v) is 11.6. The molecule has 1 amide bonds. The van der Waals surface area contributed by atoms with Crippen molar-refractivity contribution in [3.05, 3.63) is 0 Å². The van der Waals surface area contributed by atoms with Gasteiger partial charge in [-0.15, -0.1) is 0 Å². The number of hydrogen-bond donors (Lipinski definition) is 11. The molecular formula is C20H31NO18. The molecule has 224 valence electrons. The van der Waals surface area contributed by atoms with E-state index in [9.17, 15) is 65.4 Å². The number of carbonyl (C=O) groups is 3. The van der Waals surface area contributed by atoms with E-state index in [4.69, 9.17) is 23.7 Å². The van der Waals surface area contributed by atoms with Crippen LogP contribution in [-0.2, 0) is 38.1 Å². The summed E-state index contributed by atoms with van der Waals surface area (Å²) in [4.78, 5) is 34.9. The number of aliphatic carboxylic acids is 2. The van der Waals surface area contributed by atoms with Gasteiger partial charge in [-0.25, -0.2) is 9.59 Å². The van der Waals surface area contributed by atoms with Gasteiger partial charge in [0.2, 0.25) is 5.91 Å². The molecule has 0 aromatic heterocycles. The molecular weight excluding hydrogens is 542 g/mol. The van der Waals surface area contributed by atoms with E-state index >= 15 is 0 Å². The maximum absolute atomic E-state index is 11.9. The second-order valence-corrected chi connectivity index (χ2v) is 9.15. The van der Waals surface area contributed by atoms with Gasteiger partial charge in [0.1, 0.15) is 61.0 Å². The molecule has 3 heterocycles. The third-order valence-electron chi connectivity index (χ3n) is 6.42. The molecule has 11 N–H and O–H groups in total. The Morgan fingerprint density at radius 2 is 1.28 bits per heavy atom. The Bertz CT molecular complexity index is 891.